The van der Waals surface area contributed by atoms with Gasteiger partial charge < -0.3 is 14.0 Å². The molecule has 1 heterocycles. The van der Waals surface area contributed by atoms with Crippen LogP contribution in [0.1, 0.15) is 75.0 Å². The molecule has 0 saturated heterocycles. The van der Waals surface area contributed by atoms with E-state index in [1.165, 1.54) is 25.4 Å². The van der Waals surface area contributed by atoms with E-state index in [1.54, 1.807) is 18.2 Å². The summed E-state index contributed by atoms with van der Waals surface area (Å²) in [7, 11) is 1.51. The number of benzene rings is 1. The molecule has 1 fully saturated rings. The molecule has 0 radical (unpaired) electrons. The first-order valence-electron chi connectivity index (χ1n) is 10.9. The van der Waals surface area contributed by atoms with Crippen molar-refractivity contribution in [2.45, 2.75) is 77.4 Å². The maximum atomic E-state index is 13.1. The summed E-state index contributed by atoms with van der Waals surface area (Å²) in [6, 6.07) is 4.90. The van der Waals surface area contributed by atoms with Crippen molar-refractivity contribution in [1.82, 2.24) is 4.57 Å². The van der Waals surface area contributed by atoms with E-state index in [0.717, 1.165) is 37.0 Å². The predicted octanol–water partition coefficient (Wildman–Crippen LogP) is 5.52. The molecule has 32 heavy (non-hydrogen) atoms. The van der Waals surface area contributed by atoms with Crippen LogP contribution in [0.2, 0.25) is 5.02 Å². The van der Waals surface area contributed by atoms with Crippen LogP contribution in [0.25, 0.3) is 0 Å². The Kier molecular flexibility index (Phi) is 7.50. The van der Waals surface area contributed by atoms with Gasteiger partial charge in [0.15, 0.2) is 4.80 Å². The highest BCUT2D eigenvalue weighted by atomic mass is 35.5. The maximum absolute atomic E-state index is 13.1. The number of carbonyl (C=O) groups is 2. The standard InChI is InChI=1S/C24H31ClN2O4S/c1-16(28)31-24(11-7-6-8-12-24)15-27-14-20(23(2,3)4)32-22(27)26-21(29)18-13-17(25)9-10-19(18)30-5/h9-10,13-14H,6-8,11-12,15H2,1-5H3/b26-22-. The Balaban J connectivity index is 2.08. The monoisotopic (exact) mass is 478 g/mol. The van der Waals surface area contributed by atoms with Gasteiger partial charge in [0.25, 0.3) is 5.91 Å². The molecule has 1 saturated carbocycles. The Morgan fingerprint density at radius 2 is 1.91 bits per heavy atom. The topological polar surface area (TPSA) is 69.9 Å². The van der Waals surface area contributed by atoms with Gasteiger partial charge in [0.1, 0.15) is 11.4 Å². The van der Waals surface area contributed by atoms with Crippen LogP contribution in [0.3, 0.4) is 0 Å². The molecule has 0 aliphatic heterocycles. The molecular weight excluding hydrogens is 448 g/mol. The summed E-state index contributed by atoms with van der Waals surface area (Å²) in [5.74, 6) is -0.284. The number of nitrogens with zero attached hydrogens (tertiary/aromatic N) is 2. The molecule has 1 aromatic heterocycles. The normalized spacial score (nSPS) is 16.6. The van der Waals surface area contributed by atoms with E-state index in [4.69, 9.17) is 21.1 Å². The fourth-order valence-corrected chi connectivity index (χ4v) is 5.24. The molecule has 1 aliphatic rings. The number of hydrogen-bond donors (Lipinski definition) is 0. The molecule has 6 nitrogen and oxygen atoms in total. The molecule has 0 atom stereocenters. The SMILES string of the molecule is COc1ccc(Cl)cc1C(=O)/N=c1\sc(C(C)(C)C)cn1CC1(OC(C)=O)CCCCC1. The highest BCUT2D eigenvalue weighted by molar-refractivity contribution is 7.09. The third-order valence-electron chi connectivity index (χ3n) is 5.63. The molecule has 1 amide bonds. The molecule has 0 unspecified atom stereocenters. The second-order valence-corrected chi connectivity index (χ2v) is 10.8. The molecule has 1 aromatic carbocycles. The van der Waals surface area contributed by atoms with Crippen LogP contribution < -0.4 is 9.54 Å². The van der Waals surface area contributed by atoms with E-state index in [0.29, 0.717) is 27.7 Å². The van der Waals surface area contributed by atoms with Crippen molar-refractivity contribution in [2.24, 2.45) is 4.99 Å². The van der Waals surface area contributed by atoms with Gasteiger partial charge in [-0.2, -0.15) is 4.99 Å². The molecule has 0 N–H and O–H groups in total. The first kappa shape index (κ1) is 24.5. The molecule has 0 spiro atoms. The lowest BCUT2D eigenvalue weighted by molar-refractivity contribution is -0.162. The fraction of sp³-hybridized carbons (Fsp3) is 0.542. The number of carbonyl (C=O) groups excluding carboxylic acids is 2. The quantitative estimate of drug-likeness (QED) is 0.531. The fourth-order valence-electron chi connectivity index (χ4n) is 4.03. The summed E-state index contributed by atoms with van der Waals surface area (Å²) >= 11 is 7.59. The van der Waals surface area contributed by atoms with Crippen molar-refractivity contribution in [2.75, 3.05) is 7.11 Å². The number of rotatable bonds is 5. The lowest BCUT2D eigenvalue weighted by Gasteiger charge is -2.36. The van der Waals surface area contributed by atoms with Crippen LogP contribution in [0.5, 0.6) is 5.75 Å². The largest absolute Gasteiger partial charge is 0.496 e. The van der Waals surface area contributed by atoms with Crippen molar-refractivity contribution < 1.29 is 19.1 Å². The molecular formula is C24H31ClN2O4S. The van der Waals surface area contributed by atoms with Crippen LogP contribution in [0, 0.1) is 0 Å². The van der Waals surface area contributed by atoms with Crippen molar-refractivity contribution in [3.8, 4) is 5.75 Å². The first-order valence-corrected chi connectivity index (χ1v) is 12.1. The summed E-state index contributed by atoms with van der Waals surface area (Å²) in [5, 5.41) is 0.440. The van der Waals surface area contributed by atoms with E-state index < -0.39 is 11.5 Å². The minimum Gasteiger partial charge on any atom is -0.496 e. The third-order valence-corrected chi connectivity index (χ3v) is 7.31. The van der Waals surface area contributed by atoms with Gasteiger partial charge in [0, 0.05) is 23.0 Å². The number of aromatic nitrogens is 1. The highest BCUT2D eigenvalue weighted by Crippen LogP contribution is 2.34. The summed E-state index contributed by atoms with van der Waals surface area (Å²) in [6.07, 6.45) is 6.79. The van der Waals surface area contributed by atoms with E-state index in [2.05, 4.69) is 25.8 Å². The zero-order valence-electron chi connectivity index (χ0n) is 19.4. The molecule has 2 aromatic rings. The van der Waals surface area contributed by atoms with Gasteiger partial charge in [-0.25, -0.2) is 0 Å². The zero-order chi connectivity index (χ0) is 23.5. The summed E-state index contributed by atoms with van der Waals surface area (Å²) < 4.78 is 13.2. The molecule has 3 rings (SSSR count). The van der Waals surface area contributed by atoms with Gasteiger partial charge in [-0.15, -0.1) is 11.3 Å². The first-order chi connectivity index (χ1) is 15.0. The lowest BCUT2D eigenvalue weighted by atomic mass is 9.84. The van der Waals surface area contributed by atoms with E-state index in [9.17, 15) is 9.59 Å². The second kappa shape index (κ2) is 9.79. The van der Waals surface area contributed by atoms with Crippen LogP contribution in [-0.4, -0.2) is 29.2 Å². The van der Waals surface area contributed by atoms with Crippen LogP contribution in [0.4, 0.5) is 0 Å². The number of ether oxygens (including phenoxy) is 2. The number of methoxy groups -OCH3 is 1. The minimum absolute atomic E-state index is 0.113. The average Bonchev–Trinajstić information content (AvgIpc) is 3.10. The number of esters is 1. The van der Waals surface area contributed by atoms with Crippen LogP contribution >= 0.6 is 22.9 Å². The number of thiazole rings is 1. The number of hydrogen-bond acceptors (Lipinski definition) is 5. The van der Waals surface area contributed by atoms with Crippen LogP contribution in [0.15, 0.2) is 29.4 Å². The Morgan fingerprint density at radius 3 is 2.50 bits per heavy atom. The van der Waals surface area contributed by atoms with E-state index >= 15 is 0 Å². The van der Waals surface area contributed by atoms with Gasteiger partial charge in [-0.05, 0) is 49.3 Å². The van der Waals surface area contributed by atoms with Gasteiger partial charge in [0.05, 0.1) is 19.2 Å². The minimum atomic E-state index is -0.577. The van der Waals surface area contributed by atoms with Crippen LogP contribution in [-0.2, 0) is 21.5 Å². The Morgan fingerprint density at radius 1 is 1.22 bits per heavy atom. The van der Waals surface area contributed by atoms with E-state index in [1.807, 2.05) is 10.8 Å². The van der Waals surface area contributed by atoms with E-state index in [-0.39, 0.29) is 11.4 Å². The predicted molar refractivity (Wildman–Crippen MR) is 126 cm³/mol. The summed E-state index contributed by atoms with van der Waals surface area (Å²) in [6.45, 7) is 8.29. The summed E-state index contributed by atoms with van der Waals surface area (Å²) in [4.78, 5) is 31.1. The third kappa shape index (κ3) is 5.81. The number of halogens is 1. The average molecular weight is 479 g/mol. The maximum Gasteiger partial charge on any atom is 0.303 e. The van der Waals surface area contributed by atoms with Crippen molar-refractivity contribution in [3.05, 3.63) is 44.7 Å². The molecule has 174 valence electrons. The smallest absolute Gasteiger partial charge is 0.303 e. The zero-order valence-corrected chi connectivity index (χ0v) is 20.9. The molecule has 0 bridgehead atoms. The van der Waals surface area contributed by atoms with Crippen molar-refractivity contribution in [1.29, 1.82) is 0 Å². The highest BCUT2D eigenvalue weighted by Gasteiger charge is 2.36. The Bertz CT molecular complexity index is 1060. The number of amides is 1. The summed E-state index contributed by atoms with van der Waals surface area (Å²) in [5.41, 5.74) is -0.380. The molecule has 8 heteroatoms. The second-order valence-electron chi connectivity index (χ2n) is 9.35. The van der Waals surface area contributed by atoms with Gasteiger partial charge >= 0.3 is 5.97 Å². The van der Waals surface area contributed by atoms with Gasteiger partial charge in [-0.3, -0.25) is 9.59 Å². The van der Waals surface area contributed by atoms with Crippen molar-refractivity contribution >= 4 is 34.8 Å². The lowest BCUT2D eigenvalue weighted by Crippen LogP contribution is -2.42. The van der Waals surface area contributed by atoms with Crippen molar-refractivity contribution in [3.63, 3.8) is 0 Å². The molecule has 1 aliphatic carbocycles. The van der Waals surface area contributed by atoms with Gasteiger partial charge in [-0.1, -0.05) is 38.8 Å². The Hall–Kier alpha value is -2.12. The van der Waals surface area contributed by atoms with Gasteiger partial charge in [0.2, 0.25) is 0 Å². The Labute approximate surface area is 198 Å².